The summed E-state index contributed by atoms with van der Waals surface area (Å²) in [5, 5.41) is 0. The minimum Gasteiger partial charge on any atom is -0.324 e. The standard InChI is InChI=1S/C10H14N2O3S/c1-12(16(2,14)15)9-5-3-4-8(6-9)10(13)7-11/h3-6H,7,11H2,1-2H3. The second-order valence-electron chi connectivity index (χ2n) is 3.41. The third kappa shape index (κ3) is 2.80. The molecule has 1 aromatic carbocycles. The first-order valence-electron chi connectivity index (χ1n) is 4.63. The van der Waals surface area contributed by atoms with Crippen molar-refractivity contribution in [3.8, 4) is 0 Å². The van der Waals surface area contributed by atoms with Crippen LogP contribution in [0.4, 0.5) is 5.69 Å². The molecule has 0 saturated carbocycles. The molecular formula is C10H14N2O3S. The molecule has 0 spiro atoms. The third-order valence-electron chi connectivity index (χ3n) is 2.21. The number of nitrogens with two attached hydrogens (primary N) is 1. The molecule has 2 N–H and O–H groups in total. The van der Waals surface area contributed by atoms with Crippen molar-refractivity contribution < 1.29 is 13.2 Å². The molecule has 1 aromatic rings. The lowest BCUT2D eigenvalue weighted by Gasteiger charge is -2.16. The third-order valence-corrected chi connectivity index (χ3v) is 3.42. The van der Waals surface area contributed by atoms with E-state index in [0.717, 1.165) is 10.6 Å². The van der Waals surface area contributed by atoms with Crippen LogP contribution in [0.2, 0.25) is 0 Å². The van der Waals surface area contributed by atoms with Crippen molar-refractivity contribution in [1.82, 2.24) is 0 Å². The summed E-state index contributed by atoms with van der Waals surface area (Å²) in [5.74, 6) is -0.219. The largest absolute Gasteiger partial charge is 0.324 e. The maximum absolute atomic E-state index is 11.3. The summed E-state index contributed by atoms with van der Waals surface area (Å²) < 4.78 is 23.7. The summed E-state index contributed by atoms with van der Waals surface area (Å²) in [5.41, 5.74) is 6.09. The lowest BCUT2D eigenvalue weighted by molar-refractivity contribution is 0.100. The summed E-state index contributed by atoms with van der Waals surface area (Å²) in [6.45, 7) is -0.0912. The second kappa shape index (κ2) is 4.63. The van der Waals surface area contributed by atoms with Gasteiger partial charge in [0.15, 0.2) is 5.78 Å². The smallest absolute Gasteiger partial charge is 0.231 e. The van der Waals surface area contributed by atoms with Crippen molar-refractivity contribution in [2.75, 3.05) is 24.2 Å². The molecule has 0 unspecified atom stereocenters. The van der Waals surface area contributed by atoms with Gasteiger partial charge in [-0.2, -0.15) is 0 Å². The van der Waals surface area contributed by atoms with Crippen LogP contribution in [0.5, 0.6) is 0 Å². The summed E-state index contributed by atoms with van der Waals surface area (Å²) in [6.07, 6.45) is 1.10. The Balaban J connectivity index is 3.13. The van der Waals surface area contributed by atoms with Gasteiger partial charge in [0, 0.05) is 12.6 Å². The second-order valence-corrected chi connectivity index (χ2v) is 5.42. The van der Waals surface area contributed by atoms with Gasteiger partial charge in [0.1, 0.15) is 0 Å². The minimum absolute atomic E-state index is 0.0912. The molecule has 1 rings (SSSR count). The quantitative estimate of drug-likeness (QED) is 0.766. The van der Waals surface area contributed by atoms with Crippen molar-refractivity contribution in [3.05, 3.63) is 29.8 Å². The molecule has 0 heterocycles. The number of benzene rings is 1. The van der Waals surface area contributed by atoms with Crippen LogP contribution in [0.25, 0.3) is 0 Å². The number of anilines is 1. The zero-order chi connectivity index (χ0) is 12.3. The average molecular weight is 242 g/mol. The van der Waals surface area contributed by atoms with E-state index < -0.39 is 10.0 Å². The highest BCUT2D eigenvalue weighted by atomic mass is 32.2. The summed E-state index contributed by atoms with van der Waals surface area (Å²) in [7, 11) is -1.88. The van der Waals surface area contributed by atoms with Crippen LogP contribution in [0.3, 0.4) is 0 Å². The maximum Gasteiger partial charge on any atom is 0.231 e. The van der Waals surface area contributed by atoms with Gasteiger partial charge in [-0.15, -0.1) is 0 Å². The van der Waals surface area contributed by atoms with Crippen LogP contribution in [-0.2, 0) is 10.0 Å². The normalized spacial score (nSPS) is 11.2. The van der Waals surface area contributed by atoms with Gasteiger partial charge in [0.05, 0.1) is 18.5 Å². The summed E-state index contributed by atoms with van der Waals surface area (Å²) in [6, 6.07) is 6.36. The van der Waals surface area contributed by atoms with Crippen LogP contribution in [0.1, 0.15) is 10.4 Å². The SMILES string of the molecule is CN(c1cccc(C(=O)CN)c1)S(C)(=O)=O. The zero-order valence-electron chi connectivity index (χ0n) is 9.17. The fraction of sp³-hybridized carbons (Fsp3) is 0.300. The molecule has 6 heteroatoms. The van der Waals surface area contributed by atoms with E-state index in [9.17, 15) is 13.2 Å². The highest BCUT2D eigenvalue weighted by molar-refractivity contribution is 7.92. The fourth-order valence-corrected chi connectivity index (χ4v) is 1.68. The molecule has 0 aromatic heterocycles. The van der Waals surface area contributed by atoms with E-state index in [-0.39, 0.29) is 12.3 Å². The monoisotopic (exact) mass is 242 g/mol. The molecule has 0 amide bonds. The van der Waals surface area contributed by atoms with Gasteiger partial charge in [0.2, 0.25) is 10.0 Å². The van der Waals surface area contributed by atoms with E-state index in [1.165, 1.54) is 13.1 Å². The topological polar surface area (TPSA) is 80.5 Å². The number of hydrogen-bond acceptors (Lipinski definition) is 4. The number of carbonyl (C=O) groups is 1. The number of hydrogen-bond donors (Lipinski definition) is 1. The number of rotatable bonds is 4. The van der Waals surface area contributed by atoms with Gasteiger partial charge in [-0.3, -0.25) is 9.10 Å². The van der Waals surface area contributed by atoms with Crippen molar-refractivity contribution >= 4 is 21.5 Å². The van der Waals surface area contributed by atoms with E-state index in [1.807, 2.05) is 0 Å². The lowest BCUT2D eigenvalue weighted by atomic mass is 10.1. The highest BCUT2D eigenvalue weighted by Crippen LogP contribution is 2.17. The molecule has 16 heavy (non-hydrogen) atoms. The first-order valence-corrected chi connectivity index (χ1v) is 6.48. The van der Waals surface area contributed by atoms with Crippen LogP contribution in [-0.4, -0.2) is 34.0 Å². The Labute approximate surface area is 94.9 Å². The molecule has 0 aliphatic rings. The van der Waals surface area contributed by atoms with Gasteiger partial charge in [-0.25, -0.2) is 8.42 Å². The van der Waals surface area contributed by atoms with Crippen molar-refractivity contribution in [3.63, 3.8) is 0 Å². The molecule has 0 bridgehead atoms. The molecule has 5 nitrogen and oxygen atoms in total. The van der Waals surface area contributed by atoms with Gasteiger partial charge in [-0.1, -0.05) is 12.1 Å². The predicted molar refractivity (Wildman–Crippen MR) is 63.1 cm³/mol. The number of sulfonamides is 1. The molecule has 0 radical (unpaired) electrons. The molecule has 88 valence electrons. The number of carbonyl (C=O) groups excluding carboxylic acids is 1. The molecule has 0 aliphatic carbocycles. The van der Waals surface area contributed by atoms with E-state index in [0.29, 0.717) is 11.3 Å². The summed E-state index contributed by atoms with van der Waals surface area (Å²) >= 11 is 0. The molecular weight excluding hydrogens is 228 g/mol. The highest BCUT2D eigenvalue weighted by Gasteiger charge is 2.13. The summed E-state index contributed by atoms with van der Waals surface area (Å²) in [4.78, 5) is 11.3. The Morgan fingerprint density at radius 2 is 2.06 bits per heavy atom. The molecule has 0 aliphatic heterocycles. The Morgan fingerprint density at radius 1 is 1.44 bits per heavy atom. The van der Waals surface area contributed by atoms with Crippen LogP contribution in [0.15, 0.2) is 24.3 Å². The fourth-order valence-electron chi connectivity index (χ4n) is 1.18. The van der Waals surface area contributed by atoms with Crippen molar-refractivity contribution in [2.45, 2.75) is 0 Å². The molecule has 0 atom stereocenters. The Kier molecular flexibility index (Phi) is 3.66. The number of nitrogens with zero attached hydrogens (tertiary/aromatic N) is 1. The van der Waals surface area contributed by atoms with E-state index in [4.69, 9.17) is 5.73 Å². The molecule has 0 fully saturated rings. The first kappa shape index (κ1) is 12.7. The van der Waals surface area contributed by atoms with Crippen LogP contribution >= 0.6 is 0 Å². The average Bonchev–Trinajstić information content (AvgIpc) is 2.26. The van der Waals surface area contributed by atoms with Gasteiger partial charge in [0.25, 0.3) is 0 Å². The molecule has 0 saturated heterocycles. The number of ketones is 1. The minimum atomic E-state index is -3.31. The van der Waals surface area contributed by atoms with E-state index in [2.05, 4.69) is 0 Å². The van der Waals surface area contributed by atoms with Gasteiger partial charge < -0.3 is 5.73 Å². The Hall–Kier alpha value is -1.40. The Bertz CT molecular complexity index is 497. The van der Waals surface area contributed by atoms with E-state index in [1.54, 1.807) is 18.2 Å². The maximum atomic E-state index is 11.3. The van der Waals surface area contributed by atoms with Crippen LogP contribution < -0.4 is 10.0 Å². The van der Waals surface area contributed by atoms with Crippen molar-refractivity contribution in [1.29, 1.82) is 0 Å². The predicted octanol–water partition coefficient (Wildman–Crippen LogP) is 0.224. The van der Waals surface area contributed by atoms with Gasteiger partial charge in [-0.05, 0) is 12.1 Å². The zero-order valence-corrected chi connectivity index (χ0v) is 9.99. The number of Topliss-reactive ketones (excluding diaryl/α,β-unsaturated/α-hetero) is 1. The van der Waals surface area contributed by atoms with E-state index >= 15 is 0 Å². The van der Waals surface area contributed by atoms with Gasteiger partial charge >= 0.3 is 0 Å². The Morgan fingerprint density at radius 3 is 2.56 bits per heavy atom. The van der Waals surface area contributed by atoms with Crippen LogP contribution in [0, 0.1) is 0 Å². The lowest BCUT2D eigenvalue weighted by Crippen LogP contribution is -2.25. The first-order chi connectivity index (χ1) is 7.36. The van der Waals surface area contributed by atoms with Crippen molar-refractivity contribution in [2.24, 2.45) is 5.73 Å².